The van der Waals surface area contributed by atoms with E-state index in [1.165, 1.54) is 19.2 Å². The highest BCUT2D eigenvalue weighted by Crippen LogP contribution is 2.24. The van der Waals surface area contributed by atoms with Gasteiger partial charge in [-0.3, -0.25) is 10.1 Å². The van der Waals surface area contributed by atoms with E-state index in [0.29, 0.717) is 13.2 Å². The fraction of sp³-hybridized carbons (Fsp3) is 0.455. The summed E-state index contributed by atoms with van der Waals surface area (Å²) >= 11 is 0. The fourth-order valence-corrected chi connectivity index (χ4v) is 2.46. The zero-order valence-corrected chi connectivity index (χ0v) is 12.3. The van der Waals surface area contributed by atoms with Gasteiger partial charge in [0.1, 0.15) is 5.69 Å². The quantitative estimate of drug-likeness (QED) is 0.286. The van der Waals surface area contributed by atoms with Gasteiger partial charge in [-0.2, -0.15) is 0 Å². The average molecular weight is 319 g/mol. The van der Waals surface area contributed by atoms with Gasteiger partial charge in [-0.15, -0.1) is 0 Å². The second-order valence-corrected chi connectivity index (χ2v) is 5.75. The van der Waals surface area contributed by atoms with Crippen LogP contribution in [-0.4, -0.2) is 46.8 Å². The predicted molar refractivity (Wildman–Crippen MR) is 75.4 cm³/mol. The molecular formula is C11H17N3O6S. The number of nitrogen functional groups attached to an aromatic ring is 1. The first-order chi connectivity index (χ1) is 9.88. The zero-order chi connectivity index (χ0) is 15.9. The number of nitrogens with one attached hydrogen (secondary N) is 1. The molecule has 0 aliphatic heterocycles. The maximum Gasteiger partial charge on any atom is 0.293 e. The van der Waals surface area contributed by atoms with E-state index in [2.05, 4.69) is 4.72 Å². The molecule has 0 heterocycles. The number of ether oxygens (including phenoxy) is 2. The number of benzene rings is 1. The number of nitro benzene ring substituents is 1. The number of rotatable bonds is 9. The minimum atomic E-state index is -3.85. The van der Waals surface area contributed by atoms with Crippen LogP contribution in [0.1, 0.15) is 0 Å². The number of nitrogens with two attached hydrogens (primary N) is 1. The van der Waals surface area contributed by atoms with Gasteiger partial charge in [0.25, 0.3) is 5.69 Å². The molecule has 9 nitrogen and oxygen atoms in total. The van der Waals surface area contributed by atoms with E-state index in [4.69, 9.17) is 15.2 Å². The summed E-state index contributed by atoms with van der Waals surface area (Å²) in [5.74, 6) is 0. The second-order valence-electron chi connectivity index (χ2n) is 3.98. The first-order valence-corrected chi connectivity index (χ1v) is 7.47. The van der Waals surface area contributed by atoms with Gasteiger partial charge in [-0.1, -0.05) is 0 Å². The molecule has 0 unspecified atom stereocenters. The number of hydrogen-bond acceptors (Lipinski definition) is 7. The van der Waals surface area contributed by atoms with Crippen molar-refractivity contribution in [2.45, 2.75) is 4.90 Å². The van der Waals surface area contributed by atoms with Crippen molar-refractivity contribution < 1.29 is 22.8 Å². The van der Waals surface area contributed by atoms with Crippen LogP contribution in [0.4, 0.5) is 11.4 Å². The fourth-order valence-electron chi connectivity index (χ4n) is 1.42. The third-order valence-corrected chi connectivity index (χ3v) is 3.94. The Morgan fingerprint density at radius 1 is 1.33 bits per heavy atom. The molecule has 1 aromatic carbocycles. The smallest absolute Gasteiger partial charge is 0.293 e. The summed E-state index contributed by atoms with van der Waals surface area (Å²) in [5.41, 5.74) is 4.87. The van der Waals surface area contributed by atoms with E-state index in [0.717, 1.165) is 6.07 Å². The van der Waals surface area contributed by atoms with Gasteiger partial charge in [0.15, 0.2) is 0 Å². The van der Waals surface area contributed by atoms with Crippen LogP contribution in [0, 0.1) is 10.1 Å². The molecular weight excluding hydrogens is 302 g/mol. The largest absolute Gasteiger partial charge is 0.393 e. The first-order valence-electron chi connectivity index (χ1n) is 5.98. The Labute approximate surface area is 122 Å². The Hall–Kier alpha value is -1.75. The summed E-state index contributed by atoms with van der Waals surface area (Å²) in [5, 5.41) is 10.7. The summed E-state index contributed by atoms with van der Waals surface area (Å²) in [6.45, 7) is 0.979. The van der Waals surface area contributed by atoms with Gasteiger partial charge in [0, 0.05) is 19.7 Å². The molecule has 0 aliphatic rings. The monoisotopic (exact) mass is 319 g/mol. The molecule has 0 bridgehead atoms. The third kappa shape index (κ3) is 5.27. The topological polar surface area (TPSA) is 134 Å². The number of nitrogens with zero attached hydrogens (tertiary/aromatic N) is 1. The van der Waals surface area contributed by atoms with E-state index < -0.39 is 20.6 Å². The maximum atomic E-state index is 12.0. The summed E-state index contributed by atoms with van der Waals surface area (Å²) in [6.07, 6.45) is 0. The van der Waals surface area contributed by atoms with Gasteiger partial charge in [-0.25, -0.2) is 13.1 Å². The lowest BCUT2D eigenvalue weighted by molar-refractivity contribution is -0.384. The lowest BCUT2D eigenvalue weighted by atomic mass is 10.3. The van der Waals surface area contributed by atoms with Crippen LogP contribution < -0.4 is 10.5 Å². The normalized spacial score (nSPS) is 11.5. The van der Waals surface area contributed by atoms with Crippen LogP contribution in [0.3, 0.4) is 0 Å². The van der Waals surface area contributed by atoms with Crippen molar-refractivity contribution in [3.8, 4) is 0 Å². The summed E-state index contributed by atoms with van der Waals surface area (Å²) in [4.78, 5) is 9.78. The molecule has 0 fully saturated rings. The Morgan fingerprint density at radius 2 is 2.05 bits per heavy atom. The molecule has 0 saturated heterocycles. The van der Waals surface area contributed by atoms with Crippen LogP contribution in [0.2, 0.25) is 0 Å². The van der Waals surface area contributed by atoms with Crippen molar-refractivity contribution in [1.29, 1.82) is 0 Å². The van der Waals surface area contributed by atoms with Crippen LogP contribution in [0.25, 0.3) is 0 Å². The maximum absolute atomic E-state index is 12.0. The summed E-state index contributed by atoms with van der Waals surface area (Å²) < 4.78 is 36.1. The van der Waals surface area contributed by atoms with Gasteiger partial charge in [0.05, 0.1) is 29.6 Å². The first kappa shape index (κ1) is 17.3. The molecule has 0 aliphatic carbocycles. The molecule has 10 heteroatoms. The molecule has 0 atom stereocenters. The summed E-state index contributed by atoms with van der Waals surface area (Å²) in [7, 11) is -2.32. The lowest BCUT2D eigenvalue weighted by Crippen LogP contribution is -2.28. The van der Waals surface area contributed by atoms with Crippen molar-refractivity contribution in [3.63, 3.8) is 0 Å². The number of sulfonamides is 1. The second kappa shape index (κ2) is 7.88. The van der Waals surface area contributed by atoms with E-state index >= 15 is 0 Å². The van der Waals surface area contributed by atoms with Crippen molar-refractivity contribution in [2.75, 3.05) is 39.2 Å². The third-order valence-electron chi connectivity index (χ3n) is 2.48. The minimum absolute atomic E-state index is 0.0459. The molecule has 0 radical (unpaired) electrons. The van der Waals surface area contributed by atoms with Gasteiger partial charge >= 0.3 is 0 Å². The van der Waals surface area contributed by atoms with E-state index in [1.54, 1.807) is 0 Å². The molecule has 3 N–H and O–H groups in total. The van der Waals surface area contributed by atoms with Crippen LogP contribution in [-0.2, 0) is 19.5 Å². The molecule has 118 valence electrons. The molecule has 0 spiro atoms. The van der Waals surface area contributed by atoms with Crippen molar-refractivity contribution in [1.82, 2.24) is 4.72 Å². The van der Waals surface area contributed by atoms with Gasteiger partial charge < -0.3 is 15.2 Å². The Bertz CT molecular complexity index is 590. The standard InChI is InChI=1S/C11H17N3O6S/c1-19-6-7-20-5-4-13-21(17,18)9-2-3-10(12)11(8-9)14(15)16/h2-3,8,13H,4-7,12H2,1H3. The molecule has 21 heavy (non-hydrogen) atoms. The van der Waals surface area contributed by atoms with Crippen LogP contribution in [0.15, 0.2) is 23.1 Å². The Balaban J connectivity index is 2.66. The van der Waals surface area contributed by atoms with Gasteiger partial charge in [-0.05, 0) is 12.1 Å². The highest BCUT2D eigenvalue weighted by molar-refractivity contribution is 7.89. The van der Waals surface area contributed by atoms with E-state index in [1.807, 2.05) is 0 Å². The van der Waals surface area contributed by atoms with E-state index in [9.17, 15) is 18.5 Å². The average Bonchev–Trinajstić information content (AvgIpc) is 2.42. The number of methoxy groups -OCH3 is 1. The zero-order valence-electron chi connectivity index (χ0n) is 11.4. The van der Waals surface area contributed by atoms with Crippen molar-refractivity contribution in [3.05, 3.63) is 28.3 Å². The van der Waals surface area contributed by atoms with Crippen LogP contribution >= 0.6 is 0 Å². The van der Waals surface area contributed by atoms with E-state index in [-0.39, 0.29) is 23.7 Å². The highest BCUT2D eigenvalue weighted by Gasteiger charge is 2.19. The predicted octanol–water partition coefficient (Wildman–Crippen LogP) is 0.118. The Kier molecular flexibility index (Phi) is 6.49. The number of anilines is 1. The Morgan fingerprint density at radius 3 is 2.67 bits per heavy atom. The van der Waals surface area contributed by atoms with Crippen molar-refractivity contribution >= 4 is 21.4 Å². The SMILES string of the molecule is COCCOCCNS(=O)(=O)c1ccc(N)c([N+](=O)[O-])c1. The van der Waals surface area contributed by atoms with Crippen LogP contribution in [0.5, 0.6) is 0 Å². The van der Waals surface area contributed by atoms with Gasteiger partial charge in [0.2, 0.25) is 10.0 Å². The lowest BCUT2D eigenvalue weighted by Gasteiger charge is -2.08. The molecule has 1 rings (SSSR count). The highest BCUT2D eigenvalue weighted by atomic mass is 32.2. The molecule has 0 saturated carbocycles. The van der Waals surface area contributed by atoms with Crippen molar-refractivity contribution in [2.24, 2.45) is 0 Å². The molecule has 0 aromatic heterocycles. The number of hydrogen-bond donors (Lipinski definition) is 2. The molecule has 0 amide bonds. The minimum Gasteiger partial charge on any atom is -0.393 e. The summed E-state index contributed by atoms with van der Waals surface area (Å²) in [6, 6.07) is 3.31. The number of nitro groups is 1. The molecule has 1 aromatic rings.